The van der Waals surface area contributed by atoms with E-state index in [9.17, 15) is 5.11 Å². The smallest absolute Gasteiger partial charge is 0.212 e. The van der Waals surface area contributed by atoms with Gasteiger partial charge in [0.1, 0.15) is 5.82 Å². The van der Waals surface area contributed by atoms with Crippen LogP contribution in [0.4, 0.5) is 0 Å². The predicted molar refractivity (Wildman–Crippen MR) is 71.0 cm³/mol. The van der Waals surface area contributed by atoms with Crippen LogP contribution in [-0.2, 0) is 6.42 Å². The number of hydrogen-bond acceptors (Lipinski definition) is 5. The lowest BCUT2D eigenvalue weighted by atomic mass is 10.1. The Hall–Kier alpha value is -2.01. The molecule has 0 saturated carbocycles. The van der Waals surface area contributed by atoms with Gasteiger partial charge in [0.2, 0.25) is 5.88 Å². The SMILES string of the molecule is COc1ccc(Cc2ncc([C@H](C)O)c(C)n2)cn1. The maximum atomic E-state index is 9.54. The fraction of sp³-hybridized carbons (Fsp3) is 0.357. The summed E-state index contributed by atoms with van der Waals surface area (Å²) in [6.45, 7) is 3.58. The van der Waals surface area contributed by atoms with Crippen molar-refractivity contribution < 1.29 is 9.84 Å². The molecule has 0 aliphatic rings. The Balaban J connectivity index is 2.16. The molecule has 100 valence electrons. The molecule has 0 aliphatic carbocycles. The summed E-state index contributed by atoms with van der Waals surface area (Å²) in [5, 5.41) is 9.54. The van der Waals surface area contributed by atoms with Gasteiger partial charge in [-0.2, -0.15) is 0 Å². The van der Waals surface area contributed by atoms with E-state index in [2.05, 4.69) is 15.0 Å². The molecule has 2 aromatic heterocycles. The molecule has 5 heteroatoms. The van der Waals surface area contributed by atoms with E-state index in [4.69, 9.17) is 4.74 Å². The van der Waals surface area contributed by atoms with Gasteiger partial charge in [0.15, 0.2) is 0 Å². The minimum atomic E-state index is -0.545. The average molecular weight is 259 g/mol. The number of aromatic nitrogens is 3. The molecule has 0 aliphatic heterocycles. The second-order valence-corrected chi connectivity index (χ2v) is 4.39. The van der Waals surface area contributed by atoms with Crippen LogP contribution in [0.1, 0.15) is 35.7 Å². The molecule has 5 nitrogen and oxygen atoms in total. The maximum Gasteiger partial charge on any atom is 0.212 e. The molecule has 0 unspecified atom stereocenters. The molecule has 0 amide bonds. The highest BCUT2D eigenvalue weighted by atomic mass is 16.5. The van der Waals surface area contributed by atoms with Crippen LogP contribution in [-0.4, -0.2) is 27.2 Å². The Morgan fingerprint density at radius 2 is 2.05 bits per heavy atom. The zero-order valence-corrected chi connectivity index (χ0v) is 11.3. The van der Waals surface area contributed by atoms with Gasteiger partial charge < -0.3 is 9.84 Å². The Kier molecular flexibility index (Phi) is 4.06. The molecular formula is C14H17N3O2. The molecule has 0 fully saturated rings. The van der Waals surface area contributed by atoms with Crippen molar-refractivity contribution >= 4 is 0 Å². The van der Waals surface area contributed by atoms with Crippen molar-refractivity contribution in [2.45, 2.75) is 26.4 Å². The van der Waals surface area contributed by atoms with Crippen LogP contribution in [0.15, 0.2) is 24.5 Å². The van der Waals surface area contributed by atoms with Gasteiger partial charge in [-0.15, -0.1) is 0 Å². The molecule has 0 saturated heterocycles. The van der Waals surface area contributed by atoms with Gasteiger partial charge in [0.25, 0.3) is 0 Å². The molecule has 2 aromatic rings. The van der Waals surface area contributed by atoms with E-state index in [1.807, 2.05) is 19.1 Å². The molecular weight excluding hydrogens is 242 g/mol. The van der Waals surface area contributed by atoms with E-state index in [0.717, 1.165) is 16.8 Å². The number of hydrogen-bond donors (Lipinski definition) is 1. The number of rotatable bonds is 4. The second kappa shape index (κ2) is 5.75. The lowest BCUT2D eigenvalue weighted by molar-refractivity contribution is 0.197. The van der Waals surface area contributed by atoms with Crippen LogP contribution < -0.4 is 4.74 Å². The van der Waals surface area contributed by atoms with Crippen molar-refractivity contribution in [2.75, 3.05) is 7.11 Å². The van der Waals surface area contributed by atoms with E-state index in [1.54, 1.807) is 26.4 Å². The summed E-state index contributed by atoms with van der Waals surface area (Å²) in [5.74, 6) is 1.30. The molecule has 19 heavy (non-hydrogen) atoms. The van der Waals surface area contributed by atoms with Crippen molar-refractivity contribution in [1.29, 1.82) is 0 Å². The van der Waals surface area contributed by atoms with E-state index in [0.29, 0.717) is 18.1 Å². The first-order chi connectivity index (χ1) is 9.10. The Labute approximate surface area is 112 Å². The number of aliphatic hydroxyl groups is 1. The Morgan fingerprint density at radius 1 is 1.26 bits per heavy atom. The van der Waals surface area contributed by atoms with Gasteiger partial charge in [0.05, 0.1) is 13.2 Å². The minimum absolute atomic E-state index is 0.545. The largest absolute Gasteiger partial charge is 0.481 e. The first-order valence-corrected chi connectivity index (χ1v) is 6.09. The van der Waals surface area contributed by atoms with Crippen molar-refractivity contribution in [3.8, 4) is 5.88 Å². The maximum absolute atomic E-state index is 9.54. The van der Waals surface area contributed by atoms with E-state index < -0.39 is 6.10 Å². The monoisotopic (exact) mass is 259 g/mol. The molecule has 1 N–H and O–H groups in total. The second-order valence-electron chi connectivity index (χ2n) is 4.39. The Bertz CT molecular complexity index is 553. The third kappa shape index (κ3) is 3.26. The number of nitrogens with zero attached hydrogens (tertiary/aromatic N) is 3. The summed E-state index contributed by atoms with van der Waals surface area (Å²) in [6.07, 6.45) is 3.49. The quantitative estimate of drug-likeness (QED) is 0.907. The summed E-state index contributed by atoms with van der Waals surface area (Å²) < 4.78 is 5.01. The van der Waals surface area contributed by atoms with Crippen molar-refractivity contribution in [3.63, 3.8) is 0 Å². The normalized spacial score (nSPS) is 12.2. The summed E-state index contributed by atoms with van der Waals surface area (Å²) in [4.78, 5) is 12.8. The number of aliphatic hydroxyl groups excluding tert-OH is 1. The lowest BCUT2D eigenvalue weighted by Gasteiger charge is -2.09. The number of pyridine rings is 1. The lowest BCUT2D eigenvalue weighted by Crippen LogP contribution is -2.04. The summed E-state index contributed by atoms with van der Waals surface area (Å²) in [5.41, 5.74) is 2.59. The van der Waals surface area contributed by atoms with Crippen molar-refractivity contribution in [3.05, 3.63) is 47.2 Å². The summed E-state index contributed by atoms with van der Waals surface area (Å²) in [6, 6.07) is 3.75. The zero-order chi connectivity index (χ0) is 13.8. The van der Waals surface area contributed by atoms with Gasteiger partial charge in [-0.05, 0) is 19.4 Å². The molecule has 0 bridgehead atoms. The van der Waals surface area contributed by atoms with Crippen molar-refractivity contribution in [1.82, 2.24) is 15.0 Å². The van der Waals surface area contributed by atoms with E-state index >= 15 is 0 Å². The fourth-order valence-electron chi connectivity index (χ4n) is 1.84. The first-order valence-electron chi connectivity index (χ1n) is 6.09. The third-order valence-electron chi connectivity index (χ3n) is 2.89. The first kappa shape index (κ1) is 13.4. The van der Waals surface area contributed by atoms with Gasteiger partial charge in [-0.25, -0.2) is 15.0 Å². The zero-order valence-electron chi connectivity index (χ0n) is 11.3. The standard InChI is InChI=1S/C14H17N3O2/c1-9-12(10(2)18)8-15-13(17-9)6-11-4-5-14(19-3)16-7-11/h4-5,7-8,10,18H,6H2,1-3H3/t10-/m0/s1. The van der Waals surface area contributed by atoms with Gasteiger partial charge in [-0.1, -0.05) is 6.07 Å². The molecule has 0 spiro atoms. The van der Waals surface area contributed by atoms with Crippen molar-refractivity contribution in [2.24, 2.45) is 0 Å². The molecule has 0 radical (unpaired) electrons. The highest BCUT2D eigenvalue weighted by Gasteiger charge is 2.08. The van der Waals surface area contributed by atoms with Crippen LogP contribution in [0.25, 0.3) is 0 Å². The van der Waals surface area contributed by atoms with Gasteiger partial charge in [0, 0.05) is 36.1 Å². The van der Waals surface area contributed by atoms with Crippen LogP contribution in [0.3, 0.4) is 0 Å². The number of aryl methyl sites for hydroxylation is 1. The summed E-state index contributed by atoms with van der Waals surface area (Å²) >= 11 is 0. The topological polar surface area (TPSA) is 68.1 Å². The highest BCUT2D eigenvalue weighted by Crippen LogP contribution is 2.15. The van der Waals surface area contributed by atoms with E-state index in [-0.39, 0.29) is 0 Å². The fourth-order valence-corrected chi connectivity index (χ4v) is 1.84. The highest BCUT2D eigenvalue weighted by molar-refractivity contribution is 5.23. The Morgan fingerprint density at radius 3 is 2.58 bits per heavy atom. The van der Waals surface area contributed by atoms with Crippen LogP contribution in [0, 0.1) is 6.92 Å². The number of methoxy groups -OCH3 is 1. The number of ether oxygens (including phenoxy) is 1. The molecule has 0 aromatic carbocycles. The predicted octanol–water partition coefficient (Wildman–Crippen LogP) is 1.83. The van der Waals surface area contributed by atoms with Crippen LogP contribution in [0.5, 0.6) is 5.88 Å². The van der Waals surface area contributed by atoms with Gasteiger partial charge in [-0.3, -0.25) is 0 Å². The molecule has 2 heterocycles. The van der Waals surface area contributed by atoms with Crippen LogP contribution >= 0.6 is 0 Å². The summed E-state index contributed by atoms with van der Waals surface area (Å²) in [7, 11) is 1.59. The van der Waals surface area contributed by atoms with E-state index in [1.165, 1.54) is 0 Å². The van der Waals surface area contributed by atoms with Gasteiger partial charge >= 0.3 is 0 Å². The minimum Gasteiger partial charge on any atom is -0.481 e. The molecule has 2 rings (SSSR count). The third-order valence-corrected chi connectivity index (χ3v) is 2.89. The molecule has 1 atom stereocenters. The van der Waals surface area contributed by atoms with Crippen LogP contribution in [0.2, 0.25) is 0 Å². The average Bonchev–Trinajstić information content (AvgIpc) is 2.39.